The molecule has 0 spiro atoms. The zero-order valence-corrected chi connectivity index (χ0v) is 11.6. The fourth-order valence-electron chi connectivity index (χ4n) is 2.16. The summed E-state index contributed by atoms with van der Waals surface area (Å²) >= 11 is 0. The van der Waals surface area contributed by atoms with E-state index in [1.807, 2.05) is 45.2 Å². The lowest BCUT2D eigenvalue weighted by Gasteiger charge is -1.95. The van der Waals surface area contributed by atoms with Crippen molar-refractivity contribution in [3.8, 4) is 22.8 Å². The third kappa shape index (κ3) is 1.95. The molecule has 0 amide bonds. The Kier molecular flexibility index (Phi) is 2.78. The van der Waals surface area contributed by atoms with Crippen LogP contribution in [0.5, 0.6) is 0 Å². The summed E-state index contributed by atoms with van der Waals surface area (Å²) in [5.41, 5.74) is 10.0. The molecule has 0 radical (unpaired) electrons. The highest BCUT2D eigenvalue weighted by Crippen LogP contribution is 2.27. The van der Waals surface area contributed by atoms with E-state index in [1.165, 1.54) is 0 Å². The van der Waals surface area contributed by atoms with E-state index in [4.69, 9.17) is 10.3 Å². The molecule has 0 unspecified atom stereocenters. The lowest BCUT2D eigenvalue weighted by Crippen LogP contribution is -1.92. The van der Waals surface area contributed by atoms with Gasteiger partial charge in [0, 0.05) is 24.0 Å². The second-order valence-electron chi connectivity index (χ2n) is 4.71. The third-order valence-electron chi connectivity index (χ3n) is 3.32. The Bertz CT molecular complexity index is 754. The average Bonchev–Trinajstić information content (AvgIpc) is 2.97. The summed E-state index contributed by atoms with van der Waals surface area (Å²) in [5, 5.41) is 8.37. The van der Waals surface area contributed by atoms with Gasteiger partial charge in [0.25, 0.3) is 5.89 Å². The average molecular weight is 269 g/mol. The van der Waals surface area contributed by atoms with Crippen molar-refractivity contribution in [2.24, 2.45) is 7.05 Å². The number of benzene rings is 1. The van der Waals surface area contributed by atoms with Gasteiger partial charge in [-0.1, -0.05) is 5.16 Å². The highest BCUT2D eigenvalue weighted by molar-refractivity contribution is 5.64. The number of rotatable bonds is 2. The van der Waals surface area contributed by atoms with Gasteiger partial charge in [0.05, 0.1) is 11.3 Å². The van der Waals surface area contributed by atoms with Gasteiger partial charge in [-0.2, -0.15) is 10.1 Å². The second-order valence-corrected chi connectivity index (χ2v) is 4.71. The highest BCUT2D eigenvalue weighted by Gasteiger charge is 2.18. The van der Waals surface area contributed by atoms with Crippen LogP contribution in [0.1, 0.15) is 11.4 Å². The van der Waals surface area contributed by atoms with Gasteiger partial charge in [0.15, 0.2) is 0 Å². The van der Waals surface area contributed by atoms with Crippen LogP contribution >= 0.6 is 0 Å². The molecule has 0 saturated carbocycles. The van der Waals surface area contributed by atoms with Crippen LogP contribution in [0.4, 0.5) is 5.69 Å². The van der Waals surface area contributed by atoms with Crippen molar-refractivity contribution >= 4 is 5.69 Å². The van der Waals surface area contributed by atoms with Crippen LogP contribution in [0.15, 0.2) is 28.8 Å². The first-order valence-electron chi connectivity index (χ1n) is 6.26. The van der Waals surface area contributed by atoms with Gasteiger partial charge in [-0.15, -0.1) is 0 Å². The summed E-state index contributed by atoms with van der Waals surface area (Å²) in [6.07, 6.45) is 0. The Labute approximate surface area is 116 Å². The Hall–Kier alpha value is -2.63. The van der Waals surface area contributed by atoms with Crippen LogP contribution in [0.25, 0.3) is 22.8 Å². The number of nitrogens with two attached hydrogens (primary N) is 1. The predicted molar refractivity (Wildman–Crippen MR) is 75.8 cm³/mol. The minimum Gasteiger partial charge on any atom is -0.399 e. The van der Waals surface area contributed by atoms with Crippen LogP contribution in [-0.4, -0.2) is 19.9 Å². The molecule has 1 aromatic carbocycles. The SMILES string of the molecule is Cc1nn(C)c(C)c1-c1nc(-c2ccc(N)cc2)no1. The molecule has 102 valence electrons. The number of hydrogen-bond donors (Lipinski definition) is 1. The number of hydrogen-bond acceptors (Lipinski definition) is 5. The van der Waals surface area contributed by atoms with E-state index in [1.54, 1.807) is 4.68 Å². The Balaban J connectivity index is 2.04. The first-order valence-corrected chi connectivity index (χ1v) is 6.26. The fourth-order valence-corrected chi connectivity index (χ4v) is 2.16. The van der Waals surface area contributed by atoms with Crippen molar-refractivity contribution in [3.05, 3.63) is 35.7 Å². The maximum Gasteiger partial charge on any atom is 0.261 e. The molecule has 2 heterocycles. The lowest BCUT2D eigenvalue weighted by atomic mass is 10.2. The van der Waals surface area contributed by atoms with Crippen molar-refractivity contribution in [2.75, 3.05) is 5.73 Å². The van der Waals surface area contributed by atoms with Crippen LogP contribution in [0, 0.1) is 13.8 Å². The number of aromatic nitrogens is 4. The maximum absolute atomic E-state index is 5.67. The van der Waals surface area contributed by atoms with Gasteiger partial charge in [-0.05, 0) is 38.1 Å². The minimum atomic E-state index is 0.486. The van der Waals surface area contributed by atoms with Crippen molar-refractivity contribution in [1.82, 2.24) is 19.9 Å². The molecular formula is C14H15N5O. The summed E-state index contributed by atoms with van der Waals surface area (Å²) in [6, 6.07) is 7.36. The normalized spacial score (nSPS) is 10.9. The summed E-state index contributed by atoms with van der Waals surface area (Å²) < 4.78 is 7.17. The molecule has 20 heavy (non-hydrogen) atoms. The molecule has 2 N–H and O–H groups in total. The standard InChI is InChI=1S/C14H15N5O/c1-8-12(9(2)19(3)17-8)14-16-13(18-20-14)10-4-6-11(15)7-5-10/h4-7H,15H2,1-3H3. The lowest BCUT2D eigenvalue weighted by molar-refractivity contribution is 0.432. The molecule has 6 heteroatoms. The molecule has 0 aliphatic heterocycles. The highest BCUT2D eigenvalue weighted by atomic mass is 16.5. The molecule has 3 rings (SSSR count). The maximum atomic E-state index is 5.67. The van der Waals surface area contributed by atoms with Crippen molar-refractivity contribution in [2.45, 2.75) is 13.8 Å². The quantitative estimate of drug-likeness (QED) is 0.722. The van der Waals surface area contributed by atoms with Gasteiger partial charge in [-0.25, -0.2) is 0 Å². The third-order valence-corrected chi connectivity index (χ3v) is 3.32. The van der Waals surface area contributed by atoms with E-state index in [0.29, 0.717) is 17.4 Å². The number of nitrogens with zero attached hydrogens (tertiary/aromatic N) is 4. The van der Waals surface area contributed by atoms with Gasteiger partial charge < -0.3 is 10.3 Å². The Morgan fingerprint density at radius 2 is 1.85 bits per heavy atom. The number of aryl methyl sites for hydroxylation is 2. The van der Waals surface area contributed by atoms with Crippen LogP contribution < -0.4 is 5.73 Å². The van der Waals surface area contributed by atoms with Gasteiger partial charge >= 0.3 is 0 Å². The molecule has 0 aliphatic rings. The zero-order valence-electron chi connectivity index (χ0n) is 11.6. The first kappa shape index (κ1) is 12.4. The van der Waals surface area contributed by atoms with Crippen LogP contribution in [-0.2, 0) is 7.05 Å². The topological polar surface area (TPSA) is 82.8 Å². The Morgan fingerprint density at radius 3 is 2.45 bits per heavy atom. The molecule has 0 saturated heterocycles. The van der Waals surface area contributed by atoms with Crippen molar-refractivity contribution in [3.63, 3.8) is 0 Å². The van der Waals surface area contributed by atoms with Crippen molar-refractivity contribution in [1.29, 1.82) is 0 Å². The second kappa shape index (κ2) is 4.48. The molecule has 0 fully saturated rings. The summed E-state index contributed by atoms with van der Waals surface area (Å²) in [4.78, 5) is 4.44. The first-order chi connectivity index (χ1) is 9.56. The summed E-state index contributed by atoms with van der Waals surface area (Å²) in [5.74, 6) is 1.03. The van der Waals surface area contributed by atoms with Gasteiger partial charge in [0.1, 0.15) is 0 Å². The van der Waals surface area contributed by atoms with Crippen molar-refractivity contribution < 1.29 is 4.52 Å². The number of anilines is 1. The molecule has 6 nitrogen and oxygen atoms in total. The molecule has 0 aliphatic carbocycles. The molecule has 0 bridgehead atoms. The van der Waals surface area contributed by atoms with Crippen LogP contribution in [0.3, 0.4) is 0 Å². The summed E-state index contributed by atoms with van der Waals surface area (Å²) in [6.45, 7) is 3.90. The molecule has 2 aromatic heterocycles. The van der Waals surface area contributed by atoms with Gasteiger partial charge in [0.2, 0.25) is 5.82 Å². The summed E-state index contributed by atoms with van der Waals surface area (Å²) in [7, 11) is 1.89. The fraction of sp³-hybridized carbons (Fsp3) is 0.214. The number of nitrogen functional groups attached to an aromatic ring is 1. The van der Waals surface area contributed by atoms with E-state index >= 15 is 0 Å². The monoisotopic (exact) mass is 269 g/mol. The van der Waals surface area contributed by atoms with Crippen LogP contribution in [0.2, 0.25) is 0 Å². The van der Waals surface area contributed by atoms with E-state index in [9.17, 15) is 0 Å². The predicted octanol–water partition coefficient (Wildman–Crippen LogP) is 2.34. The largest absolute Gasteiger partial charge is 0.399 e. The Morgan fingerprint density at radius 1 is 1.15 bits per heavy atom. The van der Waals surface area contributed by atoms with E-state index < -0.39 is 0 Å². The molecule has 0 atom stereocenters. The minimum absolute atomic E-state index is 0.486. The smallest absolute Gasteiger partial charge is 0.261 e. The zero-order chi connectivity index (χ0) is 14.3. The molecule has 3 aromatic rings. The van der Waals surface area contributed by atoms with Gasteiger partial charge in [-0.3, -0.25) is 4.68 Å². The molecular weight excluding hydrogens is 254 g/mol. The van der Waals surface area contributed by atoms with E-state index in [-0.39, 0.29) is 0 Å². The van der Waals surface area contributed by atoms with E-state index in [2.05, 4.69) is 15.2 Å². The van der Waals surface area contributed by atoms with E-state index in [0.717, 1.165) is 22.5 Å².